The lowest BCUT2D eigenvalue weighted by molar-refractivity contribution is 0.600. The van der Waals surface area contributed by atoms with Crippen LogP contribution in [0.25, 0.3) is 0 Å². The molecule has 5 nitrogen and oxygen atoms in total. The maximum atomic E-state index is 12.4. The van der Waals surface area contributed by atoms with Gasteiger partial charge in [0, 0.05) is 6.04 Å². The molecule has 1 aromatic heterocycles. The summed E-state index contributed by atoms with van der Waals surface area (Å²) in [6.45, 7) is 1.77. The van der Waals surface area contributed by atoms with E-state index in [0.29, 0.717) is 17.4 Å². The van der Waals surface area contributed by atoms with E-state index in [0.717, 1.165) is 5.69 Å². The maximum Gasteiger partial charge on any atom is 0.263 e. The normalized spacial score (nSPS) is 15.5. The molecule has 0 spiro atoms. The maximum absolute atomic E-state index is 12.4. The van der Waals surface area contributed by atoms with E-state index in [1.807, 2.05) is 12.1 Å². The third-order valence-electron chi connectivity index (χ3n) is 4.11. The third-order valence-corrected chi connectivity index (χ3v) is 5.63. The first-order chi connectivity index (χ1) is 11.0. The molecule has 1 heterocycles. The van der Waals surface area contributed by atoms with Crippen molar-refractivity contribution >= 4 is 21.5 Å². The molecule has 0 saturated heterocycles. The number of aryl methyl sites for hydroxylation is 1. The molecule has 0 amide bonds. The monoisotopic (exact) mass is 331 g/mol. The summed E-state index contributed by atoms with van der Waals surface area (Å²) in [6, 6.07) is 10.9. The van der Waals surface area contributed by atoms with Crippen LogP contribution in [0.15, 0.2) is 47.5 Å². The minimum Gasteiger partial charge on any atom is -0.381 e. The fourth-order valence-electron chi connectivity index (χ4n) is 2.90. The fourth-order valence-corrected chi connectivity index (χ4v) is 4.15. The lowest BCUT2D eigenvalue weighted by atomic mass is 10.2. The molecule has 3 rings (SSSR count). The summed E-state index contributed by atoms with van der Waals surface area (Å²) in [7, 11) is -3.61. The number of hydrogen-bond donors (Lipinski definition) is 2. The molecule has 1 fully saturated rings. The van der Waals surface area contributed by atoms with E-state index in [-0.39, 0.29) is 4.90 Å². The quantitative estimate of drug-likeness (QED) is 0.879. The highest BCUT2D eigenvalue weighted by atomic mass is 32.2. The zero-order valence-corrected chi connectivity index (χ0v) is 13.9. The summed E-state index contributed by atoms with van der Waals surface area (Å²) < 4.78 is 27.4. The van der Waals surface area contributed by atoms with Crippen LogP contribution in [0.5, 0.6) is 0 Å². The van der Waals surface area contributed by atoms with Crippen molar-refractivity contribution in [3.8, 4) is 0 Å². The second-order valence-electron chi connectivity index (χ2n) is 5.93. The van der Waals surface area contributed by atoms with E-state index in [9.17, 15) is 8.42 Å². The molecule has 0 atom stereocenters. The number of sulfonamides is 1. The summed E-state index contributed by atoms with van der Waals surface area (Å²) >= 11 is 0. The van der Waals surface area contributed by atoms with Crippen LogP contribution in [0.4, 0.5) is 11.5 Å². The molecule has 1 aromatic carbocycles. The molecule has 0 radical (unpaired) electrons. The van der Waals surface area contributed by atoms with Crippen molar-refractivity contribution in [1.29, 1.82) is 0 Å². The molecule has 1 aliphatic rings. The molecular weight excluding hydrogens is 310 g/mol. The first-order valence-electron chi connectivity index (χ1n) is 7.86. The van der Waals surface area contributed by atoms with Crippen LogP contribution in [0.1, 0.15) is 31.2 Å². The van der Waals surface area contributed by atoms with Crippen LogP contribution in [-0.4, -0.2) is 19.4 Å². The zero-order chi connectivity index (χ0) is 16.3. The average Bonchev–Trinajstić information content (AvgIpc) is 3.02. The van der Waals surface area contributed by atoms with E-state index in [1.54, 1.807) is 37.4 Å². The number of rotatable bonds is 5. The molecule has 23 heavy (non-hydrogen) atoms. The first kappa shape index (κ1) is 15.8. The predicted octanol–water partition coefficient (Wildman–Crippen LogP) is 3.55. The molecule has 2 N–H and O–H groups in total. The van der Waals surface area contributed by atoms with Crippen LogP contribution < -0.4 is 10.0 Å². The van der Waals surface area contributed by atoms with E-state index in [4.69, 9.17) is 0 Å². The predicted molar refractivity (Wildman–Crippen MR) is 92.1 cm³/mol. The topological polar surface area (TPSA) is 71.1 Å². The van der Waals surface area contributed by atoms with Crippen molar-refractivity contribution in [3.63, 3.8) is 0 Å². The molecule has 0 bridgehead atoms. The van der Waals surface area contributed by atoms with Crippen LogP contribution in [0.2, 0.25) is 0 Å². The van der Waals surface area contributed by atoms with Crippen LogP contribution in [0.3, 0.4) is 0 Å². The second-order valence-corrected chi connectivity index (χ2v) is 7.58. The minimum absolute atomic E-state index is 0.273. The zero-order valence-electron chi connectivity index (χ0n) is 13.1. The smallest absolute Gasteiger partial charge is 0.263 e. The van der Waals surface area contributed by atoms with Gasteiger partial charge in [0.1, 0.15) is 5.82 Å². The number of pyridine rings is 1. The third kappa shape index (κ3) is 3.82. The van der Waals surface area contributed by atoms with Gasteiger partial charge in [-0.2, -0.15) is 0 Å². The van der Waals surface area contributed by atoms with Crippen molar-refractivity contribution in [3.05, 3.63) is 48.2 Å². The van der Waals surface area contributed by atoms with Crippen LogP contribution in [-0.2, 0) is 10.0 Å². The highest BCUT2D eigenvalue weighted by Gasteiger charge is 2.17. The van der Waals surface area contributed by atoms with Gasteiger partial charge in [-0.05, 0) is 43.5 Å². The Morgan fingerprint density at radius 1 is 1.09 bits per heavy atom. The average molecular weight is 331 g/mol. The second kappa shape index (κ2) is 6.58. The first-order valence-corrected chi connectivity index (χ1v) is 9.34. The van der Waals surface area contributed by atoms with Crippen molar-refractivity contribution < 1.29 is 8.42 Å². The number of nitrogens with zero attached hydrogens (tertiary/aromatic N) is 1. The molecule has 122 valence electrons. The van der Waals surface area contributed by atoms with Crippen molar-refractivity contribution in [2.75, 3.05) is 10.0 Å². The fraction of sp³-hybridized carbons (Fsp3) is 0.353. The van der Waals surface area contributed by atoms with Gasteiger partial charge in [0.25, 0.3) is 10.0 Å². The van der Waals surface area contributed by atoms with Crippen molar-refractivity contribution in [2.24, 2.45) is 0 Å². The number of nitrogens with one attached hydrogen (secondary N) is 2. The van der Waals surface area contributed by atoms with Gasteiger partial charge < -0.3 is 5.32 Å². The Kier molecular flexibility index (Phi) is 4.52. The van der Waals surface area contributed by atoms with E-state index < -0.39 is 10.0 Å². The Morgan fingerprint density at radius 2 is 1.83 bits per heavy atom. The SMILES string of the molecule is Cc1ccccc1S(=O)(=O)Nc1ccc(NC2CCCC2)cn1. The Balaban J connectivity index is 1.71. The largest absolute Gasteiger partial charge is 0.381 e. The molecular formula is C17H21N3O2S. The number of anilines is 2. The van der Waals surface area contributed by atoms with E-state index in [1.165, 1.54) is 25.7 Å². The van der Waals surface area contributed by atoms with Gasteiger partial charge in [-0.15, -0.1) is 0 Å². The molecule has 0 unspecified atom stereocenters. The molecule has 1 saturated carbocycles. The standard InChI is InChI=1S/C17H21N3O2S/c1-13-6-2-5-9-16(13)23(21,22)20-17-11-10-15(12-18-17)19-14-7-3-4-8-14/h2,5-6,9-12,14,19H,3-4,7-8H2,1H3,(H,18,20). The van der Waals surface area contributed by atoms with Gasteiger partial charge in [-0.3, -0.25) is 4.72 Å². The van der Waals surface area contributed by atoms with Gasteiger partial charge in [0.2, 0.25) is 0 Å². The Morgan fingerprint density at radius 3 is 2.48 bits per heavy atom. The van der Waals surface area contributed by atoms with Gasteiger partial charge >= 0.3 is 0 Å². The highest BCUT2D eigenvalue weighted by Crippen LogP contribution is 2.23. The number of aromatic nitrogens is 1. The lowest BCUT2D eigenvalue weighted by Gasteiger charge is -2.14. The summed E-state index contributed by atoms with van der Waals surface area (Å²) in [6.07, 6.45) is 6.57. The number of hydrogen-bond acceptors (Lipinski definition) is 4. The highest BCUT2D eigenvalue weighted by molar-refractivity contribution is 7.92. The molecule has 0 aliphatic heterocycles. The van der Waals surface area contributed by atoms with E-state index in [2.05, 4.69) is 15.0 Å². The van der Waals surface area contributed by atoms with Gasteiger partial charge in [0.15, 0.2) is 0 Å². The van der Waals surface area contributed by atoms with Crippen molar-refractivity contribution in [2.45, 2.75) is 43.5 Å². The minimum atomic E-state index is -3.61. The summed E-state index contributed by atoms with van der Waals surface area (Å²) in [5, 5.41) is 3.43. The van der Waals surface area contributed by atoms with Crippen molar-refractivity contribution in [1.82, 2.24) is 4.98 Å². The number of benzene rings is 1. The van der Waals surface area contributed by atoms with Gasteiger partial charge in [-0.1, -0.05) is 31.0 Å². The van der Waals surface area contributed by atoms with Gasteiger partial charge in [-0.25, -0.2) is 13.4 Å². The van der Waals surface area contributed by atoms with Crippen LogP contribution in [0, 0.1) is 6.92 Å². The van der Waals surface area contributed by atoms with E-state index >= 15 is 0 Å². The Bertz CT molecular complexity index is 767. The summed E-state index contributed by atoms with van der Waals surface area (Å²) in [5.74, 6) is 0.324. The molecule has 2 aromatic rings. The Labute approximate surface area is 137 Å². The van der Waals surface area contributed by atoms with Crippen LogP contribution >= 0.6 is 0 Å². The Hall–Kier alpha value is -2.08. The molecule has 6 heteroatoms. The summed E-state index contributed by atoms with van der Waals surface area (Å²) in [4.78, 5) is 4.48. The lowest BCUT2D eigenvalue weighted by Crippen LogP contribution is -2.16. The van der Waals surface area contributed by atoms with Gasteiger partial charge in [0.05, 0.1) is 16.8 Å². The molecule has 1 aliphatic carbocycles. The summed E-state index contributed by atoms with van der Waals surface area (Å²) in [5.41, 5.74) is 1.63.